The molecule has 0 bridgehead atoms. The number of hydrogen-bond acceptors (Lipinski definition) is 4. The number of nitrogens with zero attached hydrogens (tertiary/aromatic N) is 2. The molecule has 1 heterocycles. The van der Waals surface area contributed by atoms with E-state index >= 15 is 0 Å². The first kappa shape index (κ1) is 17.6. The predicted molar refractivity (Wildman–Crippen MR) is 105 cm³/mol. The Hall–Kier alpha value is -3.21. The van der Waals surface area contributed by atoms with Gasteiger partial charge in [-0.1, -0.05) is 43.3 Å². The summed E-state index contributed by atoms with van der Waals surface area (Å²) in [5.41, 5.74) is 5.09. The first-order chi connectivity index (χ1) is 12.6. The van der Waals surface area contributed by atoms with Gasteiger partial charge in [0.2, 0.25) is 5.95 Å². The molecular formula is C21H22N4O. The third-order valence-corrected chi connectivity index (χ3v) is 4.10. The van der Waals surface area contributed by atoms with Crippen molar-refractivity contribution >= 4 is 23.2 Å². The molecule has 1 amide bonds. The van der Waals surface area contributed by atoms with Gasteiger partial charge < -0.3 is 10.6 Å². The largest absolute Gasteiger partial charge is 0.324 e. The summed E-state index contributed by atoms with van der Waals surface area (Å²) in [5, 5.41) is 6.14. The van der Waals surface area contributed by atoms with Gasteiger partial charge in [0.05, 0.1) is 0 Å². The van der Waals surface area contributed by atoms with Gasteiger partial charge in [0.1, 0.15) is 5.69 Å². The molecule has 3 aromatic rings. The van der Waals surface area contributed by atoms with E-state index in [-0.39, 0.29) is 5.91 Å². The molecular weight excluding hydrogens is 324 g/mol. The molecule has 1 aromatic heterocycles. The van der Waals surface area contributed by atoms with Crippen LogP contribution in [-0.2, 0) is 6.42 Å². The molecule has 132 valence electrons. The summed E-state index contributed by atoms with van der Waals surface area (Å²) in [4.78, 5) is 21.4. The molecule has 0 aliphatic carbocycles. The van der Waals surface area contributed by atoms with Crippen molar-refractivity contribution in [3.63, 3.8) is 0 Å². The summed E-state index contributed by atoms with van der Waals surface area (Å²) in [6.45, 7) is 6.00. The van der Waals surface area contributed by atoms with Gasteiger partial charge in [0.15, 0.2) is 0 Å². The topological polar surface area (TPSA) is 66.9 Å². The van der Waals surface area contributed by atoms with E-state index in [9.17, 15) is 4.79 Å². The van der Waals surface area contributed by atoms with Crippen molar-refractivity contribution < 1.29 is 4.79 Å². The summed E-state index contributed by atoms with van der Waals surface area (Å²) < 4.78 is 0. The van der Waals surface area contributed by atoms with Crippen LogP contribution in [0, 0.1) is 13.8 Å². The van der Waals surface area contributed by atoms with Crippen LogP contribution in [0.3, 0.4) is 0 Å². The Morgan fingerprint density at radius 2 is 1.77 bits per heavy atom. The van der Waals surface area contributed by atoms with Crippen molar-refractivity contribution in [1.29, 1.82) is 0 Å². The molecule has 3 rings (SSSR count). The van der Waals surface area contributed by atoms with Crippen LogP contribution in [0.15, 0.2) is 54.6 Å². The van der Waals surface area contributed by atoms with E-state index in [0.717, 1.165) is 29.1 Å². The van der Waals surface area contributed by atoms with Crippen molar-refractivity contribution in [3.05, 3.63) is 77.1 Å². The van der Waals surface area contributed by atoms with Gasteiger partial charge >= 0.3 is 0 Å². The Labute approximate surface area is 153 Å². The fourth-order valence-electron chi connectivity index (χ4n) is 2.77. The molecule has 0 atom stereocenters. The summed E-state index contributed by atoms with van der Waals surface area (Å²) in [6, 6.07) is 17.2. The molecule has 0 radical (unpaired) electrons. The normalized spacial score (nSPS) is 10.4. The molecule has 0 saturated heterocycles. The second-order valence-corrected chi connectivity index (χ2v) is 6.13. The number of amides is 1. The highest BCUT2D eigenvalue weighted by molar-refractivity contribution is 6.03. The van der Waals surface area contributed by atoms with Crippen LogP contribution in [0.25, 0.3) is 0 Å². The van der Waals surface area contributed by atoms with E-state index in [0.29, 0.717) is 11.6 Å². The number of nitrogens with one attached hydrogen (secondary N) is 2. The van der Waals surface area contributed by atoms with E-state index < -0.39 is 0 Å². The molecule has 0 aliphatic heterocycles. The number of aromatic nitrogens is 2. The molecule has 0 unspecified atom stereocenters. The first-order valence-electron chi connectivity index (χ1n) is 8.64. The minimum absolute atomic E-state index is 0.259. The van der Waals surface area contributed by atoms with E-state index in [2.05, 4.69) is 33.6 Å². The van der Waals surface area contributed by atoms with E-state index in [1.54, 1.807) is 6.07 Å². The standard InChI is InChI=1S/C21H22N4O/c1-4-16-10-8-9-14(2)19(16)25-21-22-15(3)13-18(24-21)20(26)23-17-11-6-5-7-12-17/h5-13H,4H2,1-3H3,(H,23,26)(H,22,24,25). The zero-order valence-electron chi connectivity index (χ0n) is 15.2. The minimum atomic E-state index is -0.259. The number of rotatable bonds is 5. The molecule has 0 spiro atoms. The van der Waals surface area contributed by atoms with Gasteiger partial charge in [-0.25, -0.2) is 9.97 Å². The number of benzene rings is 2. The molecule has 2 N–H and O–H groups in total. The zero-order valence-corrected chi connectivity index (χ0v) is 15.2. The lowest BCUT2D eigenvalue weighted by atomic mass is 10.1. The van der Waals surface area contributed by atoms with Crippen molar-refractivity contribution in [2.45, 2.75) is 27.2 Å². The van der Waals surface area contributed by atoms with Gasteiger partial charge in [0, 0.05) is 17.1 Å². The highest BCUT2D eigenvalue weighted by Crippen LogP contribution is 2.24. The van der Waals surface area contributed by atoms with Gasteiger partial charge in [-0.2, -0.15) is 0 Å². The van der Waals surface area contributed by atoms with Crippen LogP contribution in [-0.4, -0.2) is 15.9 Å². The first-order valence-corrected chi connectivity index (χ1v) is 8.64. The van der Waals surface area contributed by atoms with Gasteiger partial charge in [-0.3, -0.25) is 4.79 Å². The molecule has 26 heavy (non-hydrogen) atoms. The number of para-hydroxylation sites is 2. The average Bonchev–Trinajstić information content (AvgIpc) is 2.64. The average molecular weight is 346 g/mol. The third kappa shape index (κ3) is 4.06. The highest BCUT2D eigenvalue weighted by atomic mass is 16.1. The predicted octanol–water partition coefficient (Wildman–Crippen LogP) is 4.65. The smallest absolute Gasteiger partial charge is 0.274 e. The lowest BCUT2D eigenvalue weighted by molar-refractivity contribution is 0.102. The summed E-state index contributed by atoms with van der Waals surface area (Å²) in [5.74, 6) is 0.164. The number of hydrogen-bond donors (Lipinski definition) is 2. The molecule has 0 saturated carbocycles. The quantitative estimate of drug-likeness (QED) is 0.705. The van der Waals surface area contributed by atoms with Crippen LogP contribution in [0.1, 0.15) is 34.2 Å². The number of carbonyl (C=O) groups excluding carboxylic acids is 1. The van der Waals surface area contributed by atoms with E-state index in [1.165, 1.54) is 5.56 Å². The maximum absolute atomic E-state index is 12.5. The molecule has 2 aromatic carbocycles. The van der Waals surface area contributed by atoms with Gasteiger partial charge in [-0.15, -0.1) is 0 Å². The number of anilines is 3. The Balaban J connectivity index is 1.88. The van der Waals surface area contributed by atoms with Crippen LogP contribution >= 0.6 is 0 Å². The zero-order chi connectivity index (χ0) is 18.5. The minimum Gasteiger partial charge on any atom is -0.324 e. The van der Waals surface area contributed by atoms with Crippen LogP contribution < -0.4 is 10.6 Å². The Kier molecular flexibility index (Phi) is 5.27. The third-order valence-electron chi connectivity index (χ3n) is 4.10. The second-order valence-electron chi connectivity index (χ2n) is 6.13. The summed E-state index contributed by atoms with van der Waals surface area (Å²) in [6.07, 6.45) is 0.900. The molecule has 0 aliphatic rings. The van der Waals surface area contributed by atoms with Gasteiger partial charge in [0.25, 0.3) is 5.91 Å². The monoisotopic (exact) mass is 346 g/mol. The Morgan fingerprint density at radius 1 is 1.00 bits per heavy atom. The van der Waals surface area contributed by atoms with Crippen LogP contribution in [0.5, 0.6) is 0 Å². The van der Waals surface area contributed by atoms with E-state index in [4.69, 9.17) is 0 Å². The number of carbonyl (C=O) groups is 1. The van der Waals surface area contributed by atoms with E-state index in [1.807, 2.05) is 56.3 Å². The highest BCUT2D eigenvalue weighted by Gasteiger charge is 2.13. The van der Waals surface area contributed by atoms with Gasteiger partial charge in [-0.05, 0) is 49.6 Å². The van der Waals surface area contributed by atoms with Crippen molar-refractivity contribution in [1.82, 2.24) is 9.97 Å². The fourth-order valence-corrected chi connectivity index (χ4v) is 2.77. The van der Waals surface area contributed by atoms with Crippen LogP contribution in [0.4, 0.5) is 17.3 Å². The number of aryl methyl sites for hydroxylation is 3. The maximum Gasteiger partial charge on any atom is 0.274 e. The van der Waals surface area contributed by atoms with Crippen LogP contribution in [0.2, 0.25) is 0 Å². The summed E-state index contributed by atoms with van der Waals surface area (Å²) >= 11 is 0. The van der Waals surface area contributed by atoms with Crippen molar-refractivity contribution in [3.8, 4) is 0 Å². The van der Waals surface area contributed by atoms with Crippen molar-refractivity contribution in [2.75, 3.05) is 10.6 Å². The second kappa shape index (κ2) is 7.78. The lowest BCUT2D eigenvalue weighted by Crippen LogP contribution is -2.15. The SMILES string of the molecule is CCc1cccc(C)c1Nc1nc(C)cc(C(=O)Nc2ccccc2)n1. The Morgan fingerprint density at radius 3 is 2.50 bits per heavy atom. The molecule has 5 heteroatoms. The summed E-state index contributed by atoms with van der Waals surface area (Å²) in [7, 11) is 0. The fraction of sp³-hybridized carbons (Fsp3) is 0.190. The maximum atomic E-state index is 12.5. The molecule has 5 nitrogen and oxygen atoms in total. The lowest BCUT2D eigenvalue weighted by Gasteiger charge is -2.14. The van der Waals surface area contributed by atoms with Crippen molar-refractivity contribution in [2.24, 2.45) is 0 Å². The Bertz CT molecular complexity index is 923. The molecule has 0 fully saturated rings.